The first-order valence-electron chi connectivity index (χ1n) is 5.22. The zero-order valence-electron chi connectivity index (χ0n) is 8.68. The van der Waals surface area contributed by atoms with Gasteiger partial charge in [-0.2, -0.15) is 0 Å². The molecule has 1 heterocycles. The lowest BCUT2D eigenvalue weighted by Crippen LogP contribution is -2.37. The van der Waals surface area contributed by atoms with Crippen LogP contribution in [0.2, 0.25) is 0 Å². The second-order valence-electron chi connectivity index (χ2n) is 3.82. The van der Waals surface area contributed by atoms with Crippen LogP contribution in [0.5, 0.6) is 0 Å². The largest absolute Gasteiger partial charge is 0.480 e. The number of carboxylic acid groups (broad SMARTS) is 1. The summed E-state index contributed by atoms with van der Waals surface area (Å²) in [5.41, 5.74) is 0. The Kier molecular flexibility index (Phi) is 4.53. The maximum atomic E-state index is 11.6. The average molecular weight is 235 g/mol. The van der Waals surface area contributed by atoms with E-state index in [9.17, 15) is 13.2 Å². The number of carbonyl (C=O) groups is 1. The van der Waals surface area contributed by atoms with E-state index in [-0.39, 0.29) is 0 Å². The maximum Gasteiger partial charge on any atom is 0.320 e. The summed E-state index contributed by atoms with van der Waals surface area (Å²) in [6, 6.07) is 0. The third-order valence-electron chi connectivity index (χ3n) is 2.51. The first-order valence-corrected chi connectivity index (χ1v) is 6.83. The Labute approximate surface area is 90.1 Å². The summed E-state index contributed by atoms with van der Waals surface area (Å²) < 4.78 is 24.5. The van der Waals surface area contributed by atoms with Gasteiger partial charge in [-0.05, 0) is 12.8 Å². The number of rotatable bonds is 3. The van der Waals surface area contributed by atoms with Gasteiger partial charge in [-0.3, -0.25) is 4.79 Å². The predicted molar refractivity (Wildman–Crippen MR) is 56.1 cm³/mol. The second-order valence-corrected chi connectivity index (χ2v) is 5.79. The van der Waals surface area contributed by atoms with E-state index in [2.05, 4.69) is 0 Å². The molecule has 1 fully saturated rings. The summed E-state index contributed by atoms with van der Waals surface area (Å²) in [6.45, 7) is 0.936. The second kappa shape index (κ2) is 5.46. The lowest BCUT2D eigenvalue weighted by molar-refractivity contribution is -0.134. The van der Waals surface area contributed by atoms with Crippen molar-refractivity contribution in [3.8, 4) is 0 Å². The molecule has 0 bridgehead atoms. The van der Waals surface area contributed by atoms with Gasteiger partial charge in [-0.15, -0.1) is 0 Å². The highest BCUT2D eigenvalue weighted by molar-refractivity contribution is 7.89. The Bertz CT molecular complexity index is 304. The van der Waals surface area contributed by atoms with Crippen molar-refractivity contribution in [2.24, 2.45) is 0 Å². The van der Waals surface area contributed by atoms with Gasteiger partial charge in [0.1, 0.15) is 0 Å². The van der Waals surface area contributed by atoms with E-state index in [1.807, 2.05) is 0 Å². The van der Waals surface area contributed by atoms with Crippen LogP contribution in [0.25, 0.3) is 0 Å². The van der Waals surface area contributed by atoms with Crippen molar-refractivity contribution in [3.05, 3.63) is 0 Å². The van der Waals surface area contributed by atoms with Crippen molar-refractivity contribution < 1.29 is 18.3 Å². The number of hydrogen-bond donors (Lipinski definition) is 1. The molecule has 0 aromatic carbocycles. The van der Waals surface area contributed by atoms with Crippen LogP contribution in [0, 0.1) is 0 Å². The molecule has 15 heavy (non-hydrogen) atoms. The van der Waals surface area contributed by atoms with E-state index >= 15 is 0 Å². The molecule has 0 amide bonds. The maximum absolute atomic E-state index is 11.6. The smallest absolute Gasteiger partial charge is 0.320 e. The molecule has 0 radical (unpaired) electrons. The number of carboxylic acids is 1. The standard InChI is InChI=1S/C9H17NO4S/c11-9(12)8-15(13,14)10-6-4-2-1-3-5-7-10/h1-8H2,(H,11,12). The summed E-state index contributed by atoms with van der Waals surface area (Å²) in [4.78, 5) is 10.4. The molecular weight excluding hydrogens is 218 g/mol. The fraction of sp³-hybridized carbons (Fsp3) is 0.889. The topological polar surface area (TPSA) is 74.7 Å². The molecular formula is C9H17NO4S. The third-order valence-corrected chi connectivity index (χ3v) is 4.28. The van der Waals surface area contributed by atoms with Crippen molar-refractivity contribution in [1.82, 2.24) is 4.31 Å². The van der Waals surface area contributed by atoms with E-state index in [1.54, 1.807) is 0 Å². The molecule has 0 aromatic rings. The lowest BCUT2D eigenvalue weighted by atomic mass is 10.1. The summed E-state index contributed by atoms with van der Waals surface area (Å²) in [7, 11) is -3.59. The first-order chi connectivity index (χ1) is 7.02. The Hall–Kier alpha value is -0.620. The molecule has 5 nitrogen and oxygen atoms in total. The van der Waals surface area contributed by atoms with Crippen LogP contribution < -0.4 is 0 Å². The lowest BCUT2D eigenvalue weighted by Gasteiger charge is -2.23. The van der Waals surface area contributed by atoms with Gasteiger partial charge in [0.2, 0.25) is 10.0 Å². The van der Waals surface area contributed by atoms with Crippen LogP contribution in [0.15, 0.2) is 0 Å². The first kappa shape index (κ1) is 12.4. The molecule has 0 unspecified atom stereocenters. The minimum atomic E-state index is -3.59. The van der Waals surface area contributed by atoms with Gasteiger partial charge < -0.3 is 5.11 Å². The minimum Gasteiger partial charge on any atom is -0.480 e. The van der Waals surface area contributed by atoms with Crippen LogP contribution in [-0.4, -0.2) is 42.6 Å². The molecule has 1 aliphatic rings. The Morgan fingerprint density at radius 2 is 1.53 bits per heavy atom. The highest BCUT2D eigenvalue weighted by atomic mass is 32.2. The highest BCUT2D eigenvalue weighted by Crippen LogP contribution is 2.13. The normalized spacial score (nSPS) is 20.5. The van der Waals surface area contributed by atoms with Crippen molar-refractivity contribution in [1.29, 1.82) is 0 Å². The van der Waals surface area contributed by atoms with Crippen molar-refractivity contribution in [2.45, 2.75) is 32.1 Å². The molecule has 1 saturated heterocycles. The Morgan fingerprint density at radius 3 is 2.00 bits per heavy atom. The molecule has 0 saturated carbocycles. The van der Waals surface area contributed by atoms with Crippen molar-refractivity contribution in [3.63, 3.8) is 0 Å². The number of sulfonamides is 1. The molecule has 0 atom stereocenters. The Morgan fingerprint density at radius 1 is 1.07 bits per heavy atom. The van der Waals surface area contributed by atoms with Crippen LogP contribution >= 0.6 is 0 Å². The zero-order chi connectivity index (χ0) is 11.3. The molecule has 1 N–H and O–H groups in total. The number of hydrogen-bond acceptors (Lipinski definition) is 3. The fourth-order valence-electron chi connectivity index (χ4n) is 1.74. The summed E-state index contributed by atoms with van der Waals surface area (Å²) >= 11 is 0. The number of nitrogens with zero attached hydrogens (tertiary/aromatic N) is 1. The van der Waals surface area contributed by atoms with Gasteiger partial charge >= 0.3 is 5.97 Å². The van der Waals surface area contributed by atoms with Gasteiger partial charge in [0, 0.05) is 13.1 Å². The van der Waals surface area contributed by atoms with Crippen molar-refractivity contribution in [2.75, 3.05) is 18.8 Å². The van der Waals surface area contributed by atoms with Crippen LogP contribution in [0.4, 0.5) is 0 Å². The van der Waals surface area contributed by atoms with Gasteiger partial charge in [0.15, 0.2) is 5.75 Å². The van der Waals surface area contributed by atoms with E-state index in [0.717, 1.165) is 32.1 Å². The van der Waals surface area contributed by atoms with Crippen molar-refractivity contribution >= 4 is 16.0 Å². The predicted octanol–water partition coefficient (Wildman–Crippen LogP) is 0.667. The summed E-state index contributed by atoms with van der Waals surface area (Å²) in [5, 5.41) is 8.50. The molecule has 0 aliphatic carbocycles. The Balaban J connectivity index is 2.62. The van der Waals surface area contributed by atoms with Crippen LogP contribution in [-0.2, 0) is 14.8 Å². The van der Waals surface area contributed by atoms with E-state index in [4.69, 9.17) is 5.11 Å². The monoisotopic (exact) mass is 235 g/mol. The van der Waals surface area contributed by atoms with Gasteiger partial charge in [0.25, 0.3) is 0 Å². The molecule has 1 rings (SSSR count). The van der Waals surface area contributed by atoms with E-state index < -0.39 is 21.7 Å². The highest BCUT2D eigenvalue weighted by Gasteiger charge is 2.24. The van der Waals surface area contributed by atoms with Gasteiger partial charge in [-0.25, -0.2) is 12.7 Å². The number of aliphatic carboxylic acids is 1. The van der Waals surface area contributed by atoms with E-state index in [0.29, 0.717) is 13.1 Å². The van der Waals surface area contributed by atoms with Crippen LogP contribution in [0.3, 0.4) is 0 Å². The summed E-state index contributed by atoms with van der Waals surface area (Å²) in [6.07, 6.45) is 4.86. The molecule has 6 heteroatoms. The molecule has 88 valence electrons. The molecule has 0 aromatic heterocycles. The fourth-order valence-corrected chi connectivity index (χ4v) is 3.05. The quantitative estimate of drug-likeness (QED) is 0.780. The SMILES string of the molecule is O=C(O)CS(=O)(=O)N1CCCCCCC1. The molecule has 0 spiro atoms. The van der Waals surface area contributed by atoms with E-state index in [1.165, 1.54) is 4.31 Å². The molecule has 1 aliphatic heterocycles. The van der Waals surface area contributed by atoms with Gasteiger partial charge in [-0.1, -0.05) is 19.3 Å². The summed E-state index contributed by atoms with van der Waals surface area (Å²) in [5.74, 6) is -2.07. The van der Waals surface area contributed by atoms with Gasteiger partial charge in [0.05, 0.1) is 0 Å². The zero-order valence-corrected chi connectivity index (χ0v) is 9.50. The third kappa shape index (κ3) is 4.17. The average Bonchev–Trinajstić information content (AvgIpc) is 1.98. The minimum absolute atomic E-state index is 0.468. The van der Waals surface area contributed by atoms with Crippen LogP contribution in [0.1, 0.15) is 32.1 Å².